The van der Waals surface area contributed by atoms with Gasteiger partial charge in [-0.05, 0) is 12.8 Å². The van der Waals surface area contributed by atoms with Crippen LogP contribution in [0.15, 0.2) is 10.8 Å². The van der Waals surface area contributed by atoms with E-state index < -0.39 is 0 Å². The Bertz CT molecular complexity index is 808. The van der Waals surface area contributed by atoms with Gasteiger partial charge < -0.3 is 9.47 Å². The van der Waals surface area contributed by atoms with Crippen molar-refractivity contribution in [2.24, 2.45) is 0 Å². The van der Waals surface area contributed by atoms with Crippen LogP contribution in [0.25, 0.3) is 22.6 Å². The first-order chi connectivity index (χ1) is 17.3. The van der Waals surface area contributed by atoms with Gasteiger partial charge in [0.2, 0.25) is 0 Å². The summed E-state index contributed by atoms with van der Waals surface area (Å²) in [6.07, 6.45) is 23.7. The summed E-state index contributed by atoms with van der Waals surface area (Å²) in [4.78, 5) is 9.60. The second-order valence-corrected chi connectivity index (χ2v) is 10.8. The molecule has 1 aliphatic rings. The molecule has 0 fully saturated rings. The molecule has 0 unspecified atom stereocenters. The Morgan fingerprint density at radius 3 is 1.23 bits per heavy atom. The Balaban J connectivity index is 1.36. The van der Waals surface area contributed by atoms with Crippen molar-refractivity contribution >= 4 is 33.9 Å². The van der Waals surface area contributed by atoms with E-state index in [2.05, 4.69) is 24.6 Å². The highest BCUT2D eigenvalue weighted by Gasteiger charge is 2.34. The molecular weight excluding hydrogens is 452 g/mol. The van der Waals surface area contributed by atoms with E-state index in [0.717, 1.165) is 60.0 Å². The van der Waals surface area contributed by atoms with Crippen LogP contribution in [0.4, 0.5) is 0 Å². The zero-order valence-electron chi connectivity index (χ0n) is 22.4. The van der Waals surface area contributed by atoms with Gasteiger partial charge in [0.15, 0.2) is 11.5 Å². The number of aromatic nitrogens is 2. The van der Waals surface area contributed by atoms with Gasteiger partial charge in [0.1, 0.15) is 22.4 Å². The van der Waals surface area contributed by atoms with E-state index in [1.54, 1.807) is 11.3 Å². The first-order valence-electron chi connectivity index (χ1n) is 14.6. The summed E-state index contributed by atoms with van der Waals surface area (Å²) < 4.78 is 12.4. The highest BCUT2D eigenvalue weighted by atomic mass is 32.1. The maximum atomic E-state index is 6.20. The van der Waals surface area contributed by atoms with Crippen LogP contribution in [-0.2, 0) is 9.47 Å². The lowest BCUT2D eigenvalue weighted by Gasteiger charge is -2.25. The van der Waals surface area contributed by atoms with Gasteiger partial charge in [-0.15, -0.1) is 11.3 Å². The first-order valence-corrected chi connectivity index (χ1v) is 15.5. The Kier molecular flexibility index (Phi) is 13.5. The molecule has 5 heteroatoms. The Morgan fingerprint density at radius 1 is 0.514 bits per heavy atom. The minimum Gasteiger partial charge on any atom is -0.487 e. The van der Waals surface area contributed by atoms with Crippen LogP contribution in [0.5, 0.6) is 0 Å². The molecule has 35 heavy (non-hydrogen) atoms. The number of hydrogen-bond donors (Lipinski definition) is 0. The quantitative estimate of drug-likeness (QED) is 0.151. The second kappa shape index (κ2) is 16.9. The Morgan fingerprint density at radius 2 is 0.857 bits per heavy atom. The number of thiophene rings is 1. The van der Waals surface area contributed by atoms with Crippen molar-refractivity contribution in [3.8, 4) is 0 Å². The van der Waals surface area contributed by atoms with E-state index >= 15 is 0 Å². The van der Waals surface area contributed by atoms with Crippen LogP contribution in [0.2, 0.25) is 0 Å². The number of fused-ring (bicyclic) bond motifs is 2. The molecule has 0 amide bonds. The minimum absolute atomic E-state index is 0.735. The van der Waals surface area contributed by atoms with Crippen LogP contribution in [0.1, 0.15) is 141 Å². The smallest absolute Gasteiger partial charge is 0.191 e. The van der Waals surface area contributed by atoms with Crippen LogP contribution >= 0.6 is 11.3 Å². The van der Waals surface area contributed by atoms with Crippen molar-refractivity contribution in [1.82, 2.24) is 9.97 Å². The highest BCUT2D eigenvalue weighted by Crippen LogP contribution is 2.41. The van der Waals surface area contributed by atoms with Crippen molar-refractivity contribution in [2.75, 3.05) is 13.2 Å². The molecule has 0 spiro atoms. The van der Waals surface area contributed by atoms with Crippen LogP contribution < -0.4 is 0 Å². The van der Waals surface area contributed by atoms with E-state index in [1.165, 1.54) is 103 Å². The molecule has 0 saturated carbocycles. The fourth-order valence-electron chi connectivity index (χ4n) is 4.71. The monoisotopic (exact) mass is 500 g/mol. The zero-order valence-corrected chi connectivity index (χ0v) is 23.2. The van der Waals surface area contributed by atoms with E-state index in [-0.39, 0.29) is 0 Å². The topological polar surface area (TPSA) is 44.2 Å². The third-order valence-corrected chi connectivity index (χ3v) is 7.65. The van der Waals surface area contributed by atoms with Gasteiger partial charge in [0.05, 0.1) is 13.2 Å². The van der Waals surface area contributed by atoms with Crippen LogP contribution in [0.3, 0.4) is 0 Å². The third-order valence-electron chi connectivity index (χ3n) is 6.94. The standard InChI is InChI=1S/C30H48N2O2S/c1-3-5-7-9-11-13-15-17-19-21-33-29-27-28(32-26-24-35-23-25(26)31-27)30(29)34-22-20-18-16-14-12-10-8-6-4-2/h23-24H,3-22H2,1-2H3. The predicted molar refractivity (Wildman–Crippen MR) is 151 cm³/mol. The van der Waals surface area contributed by atoms with Gasteiger partial charge in [-0.3, -0.25) is 0 Å². The summed E-state index contributed by atoms with van der Waals surface area (Å²) in [6, 6.07) is 0. The Labute approximate surface area is 217 Å². The molecule has 0 saturated heterocycles. The summed E-state index contributed by atoms with van der Waals surface area (Å²) in [6.45, 7) is 6.02. The molecule has 1 aliphatic carbocycles. The molecule has 0 radical (unpaired) electrons. The van der Waals surface area contributed by atoms with Crippen molar-refractivity contribution in [1.29, 1.82) is 0 Å². The molecule has 0 bridgehead atoms. The average Bonchev–Trinajstić information content (AvgIpc) is 3.33. The molecule has 2 aromatic rings. The average molecular weight is 501 g/mol. The van der Waals surface area contributed by atoms with Gasteiger partial charge >= 0.3 is 0 Å². The zero-order chi connectivity index (χ0) is 24.6. The van der Waals surface area contributed by atoms with Crippen molar-refractivity contribution < 1.29 is 9.47 Å². The minimum atomic E-state index is 0.735. The van der Waals surface area contributed by atoms with E-state index in [4.69, 9.17) is 19.4 Å². The second-order valence-electron chi connectivity index (χ2n) is 10.1. The molecule has 3 rings (SSSR count). The van der Waals surface area contributed by atoms with E-state index in [1.807, 2.05) is 0 Å². The predicted octanol–water partition coefficient (Wildman–Crippen LogP) is 9.93. The van der Waals surface area contributed by atoms with Crippen molar-refractivity contribution in [3.05, 3.63) is 22.1 Å². The number of rotatable bonds is 22. The summed E-state index contributed by atoms with van der Waals surface area (Å²) in [5.41, 5.74) is 3.68. The van der Waals surface area contributed by atoms with Crippen molar-refractivity contribution in [2.45, 2.75) is 129 Å². The van der Waals surface area contributed by atoms with Crippen molar-refractivity contribution in [3.63, 3.8) is 0 Å². The summed E-state index contributed by atoms with van der Waals surface area (Å²) >= 11 is 1.65. The van der Waals surface area contributed by atoms with Gasteiger partial charge in [-0.1, -0.05) is 117 Å². The van der Waals surface area contributed by atoms with Crippen LogP contribution in [-0.4, -0.2) is 23.2 Å². The lowest BCUT2D eigenvalue weighted by Crippen LogP contribution is -2.17. The largest absolute Gasteiger partial charge is 0.487 e. The summed E-state index contributed by atoms with van der Waals surface area (Å²) in [7, 11) is 0. The number of ether oxygens (including phenoxy) is 2. The summed E-state index contributed by atoms with van der Waals surface area (Å²) in [5, 5.41) is 4.11. The molecule has 4 nitrogen and oxygen atoms in total. The molecule has 0 aromatic carbocycles. The third kappa shape index (κ3) is 9.40. The fourth-order valence-corrected chi connectivity index (χ4v) is 5.38. The summed E-state index contributed by atoms with van der Waals surface area (Å²) in [5.74, 6) is 1.66. The fraction of sp³-hybridized carbons (Fsp3) is 0.733. The number of hydrogen-bond acceptors (Lipinski definition) is 5. The molecular formula is C30H48N2O2S. The van der Waals surface area contributed by atoms with Gasteiger partial charge in [-0.2, -0.15) is 0 Å². The number of unbranched alkanes of at least 4 members (excludes halogenated alkanes) is 16. The Hall–Kier alpha value is -1.62. The maximum Gasteiger partial charge on any atom is 0.191 e. The van der Waals surface area contributed by atoms with Gasteiger partial charge in [0, 0.05) is 10.8 Å². The number of nitrogens with zero attached hydrogens (tertiary/aromatic N) is 2. The SMILES string of the molecule is CCCCCCCCCCCOC1=C(OCCCCCCCCCCC)c2nc3cscc3nc21. The van der Waals surface area contributed by atoms with Gasteiger partial charge in [0.25, 0.3) is 0 Å². The van der Waals surface area contributed by atoms with Crippen LogP contribution in [0, 0.1) is 0 Å². The molecule has 196 valence electrons. The molecule has 2 heterocycles. The van der Waals surface area contributed by atoms with E-state index in [0.29, 0.717) is 0 Å². The lowest BCUT2D eigenvalue weighted by atomic mass is 10.0. The van der Waals surface area contributed by atoms with E-state index in [9.17, 15) is 0 Å². The normalized spacial score (nSPS) is 12.7. The lowest BCUT2D eigenvalue weighted by molar-refractivity contribution is 0.224. The molecule has 0 N–H and O–H groups in total. The molecule has 0 aliphatic heterocycles. The molecule has 0 atom stereocenters. The van der Waals surface area contributed by atoms with Gasteiger partial charge in [-0.25, -0.2) is 9.97 Å². The highest BCUT2D eigenvalue weighted by molar-refractivity contribution is 7.09. The molecule has 2 aromatic heterocycles. The first kappa shape index (κ1) is 28.0. The maximum absolute atomic E-state index is 6.20.